The standard InChI is InChI=1S/C9H11O4P/c10-9(14(11,12)13)7-6-8-4-2-1-3-5-8/h1-7,9-10H,(H2,11,12,13)/b7-6+. The van der Waals surface area contributed by atoms with Gasteiger partial charge in [0.25, 0.3) is 0 Å². The quantitative estimate of drug-likeness (QED) is 0.660. The van der Waals surface area contributed by atoms with Crippen LogP contribution in [0.4, 0.5) is 0 Å². The minimum absolute atomic E-state index is 0.778. The monoisotopic (exact) mass is 214 g/mol. The molecule has 0 bridgehead atoms. The van der Waals surface area contributed by atoms with E-state index < -0.39 is 13.4 Å². The van der Waals surface area contributed by atoms with Gasteiger partial charge in [0.15, 0.2) is 5.85 Å². The summed E-state index contributed by atoms with van der Waals surface area (Å²) < 4.78 is 10.5. The molecular formula is C9H11O4P. The van der Waals surface area contributed by atoms with Crippen molar-refractivity contribution in [3.05, 3.63) is 42.0 Å². The minimum Gasteiger partial charge on any atom is -0.377 e. The Labute approximate surface area is 81.7 Å². The fraction of sp³-hybridized carbons (Fsp3) is 0.111. The number of aliphatic hydroxyl groups excluding tert-OH is 1. The van der Waals surface area contributed by atoms with E-state index in [1.54, 1.807) is 24.3 Å². The molecule has 1 aromatic rings. The molecule has 0 aliphatic carbocycles. The Morgan fingerprint density at radius 2 is 1.79 bits per heavy atom. The molecule has 0 fully saturated rings. The second kappa shape index (κ2) is 4.53. The topological polar surface area (TPSA) is 77.8 Å². The Bertz CT molecular complexity index is 354. The lowest BCUT2D eigenvalue weighted by molar-refractivity contribution is 0.239. The summed E-state index contributed by atoms with van der Waals surface area (Å²) in [6, 6.07) is 8.95. The highest BCUT2D eigenvalue weighted by molar-refractivity contribution is 7.52. The first-order chi connectivity index (χ1) is 6.50. The molecule has 0 amide bonds. The van der Waals surface area contributed by atoms with Gasteiger partial charge in [-0.25, -0.2) is 0 Å². The van der Waals surface area contributed by atoms with Crippen LogP contribution in [0, 0.1) is 0 Å². The molecule has 1 unspecified atom stereocenters. The van der Waals surface area contributed by atoms with Gasteiger partial charge in [-0.05, 0) is 11.6 Å². The molecule has 0 saturated heterocycles. The Hall–Kier alpha value is -0.930. The zero-order valence-electron chi connectivity index (χ0n) is 7.32. The van der Waals surface area contributed by atoms with Gasteiger partial charge in [0, 0.05) is 0 Å². The maximum absolute atomic E-state index is 10.5. The van der Waals surface area contributed by atoms with Gasteiger partial charge in [0.1, 0.15) is 0 Å². The Kier molecular flexibility index (Phi) is 3.61. The molecule has 0 aliphatic heterocycles. The van der Waals surface area contributed by atoms with Crippen LogP contribution >= 0.6 is 7.60 Å². The summed E-state index contributed by atoms with van der Waals surface area (Å²) in [5.74, 6) is -1.73. The molecule has 0 saturated carbocycles. The van der Waals surface area contributed by atoms with Gasteiger partial charge in [0.05, 0.1) is 0 Å². The molecular weight excluding hydrogens is 203 g/mol. The molecule has 4 nitrogen and oxygen atoms in total. The van der Waals surface area contributed by atoms with E-state index in [0.717, 1.165) is 11.6 Å². The molecule has 0 aromatic heterocycles. The smallest absolute Gasteiger partial charge is 0.357 e. The van der Waals surface area contributed by atoms with Crippen LogP contribution in [0.5, 0.6) is 0 Å². The van der Waals surface area contributed by atoms with Gasteiger partial charge < -0.3 is 14.9 Å². The summed E-state index contributed by atoms with van der Waals surface area (Å²) in [6.45, 7) is 0. The molecule has 0 heterocycles. The van der Waals surface area contributed by atoms with Crippen molar-refractivity contribution < 1.29 is 19.5 Å². The van der Waals surface area contributed by atoms with E-state index in [9.17, 15) is 4.57 Å². The molecule has 0 spiro atoms. The van der Waals surface area contributed by atoms with Crippen LogP contribution in [0.2, 0.25) is 0 Å². The number of hydrogen-bond donors (Lipinski definition) is 3. The predicted molar refractivity (Wildman–Crippen MR) is 53.5 cm³/mol. The van der Waals surface area contributed by atoms with Crippen molar-refractivity contribution in [3.63, 3.8) is 0 Å². The molecule has 0 aliphatic rings. The van der Waals surface area contributed by atoms with E-state index >= 15 is 0 Å². The van der Waals surface area contributed by atoms with Gasteiger partial charge in [-0.2, -0.15) is 0 Å². The summed E-state index contributed by atoms with van der Waals surface area (Å²) in [5, 5.41) is 9.00. The fourth-order valence-electron chi connectivity index (χ4n) is 0.873. The highest BCUT2D eigenvalue weighted by atomic mass is 31.2. The van der Waals surface area contributed by atoms with Crippen molar-refractivity contribution in [2.75, 3.05) is 0 Å². The van der Waals surface area contributed by atoms with Crippen LogP contribution in [-0.2, 0) is 4.57 Å². The van der Waals surface area contributed by atoms with Crippen molar-refractivity contribution in [1.82, 2.24) is 0 Å². The summed E-state index contributed by atoms with van der Waals surface area (Å²) >= 11 is 0. The van der Waals surface area contributed by atoms with Crippen LogP contribution in [0.3, 0.4) is 0 Å². The maximum atomic E-state index is 10.5. The van der Waals surface area contributed by atoms with Crippen molar-refractivity contribution >= 4 is 13.7 Å². The lowest BCUT2D eigenvalue weighted by Crippen LogP contribution is -2.01. The second-order valence-corrected chi connectivity index (χ2v) is 4.48. The largest absolute Gasteiger partial charge is 0.377 e. The third kappa shape index (κ3) is 3.44. The van der Waals surface area contributed by atoms with E-state index in [4.69, 9.17) is 14.9 Å². The summed E-state index contributed by atoms with van der Waals surface area (Å²) in [4.78, 5) is 17.1. The summed E-state index contributed by atoms with van der Waals surface area (Å²) in [6.07, 6.45) is 2.54. The Morgan fingerprint density at radius 1 is 1.21 bits per heavy atom. The minimum atomic E-state index is -4.42. The predicted octanol–water partition coefficient (Wildman–Crippen LogP) is 1.20. The molecule has 0 radical (unpaired) electrons. The average molecular weight is 214 g/mol. The van der Waals surface area contributed by atoms with Crippen molar-refractivity contribution in [1.29, 1.82) is 0 Å². The van der Waals surface area contributed by atoms with Crippen LogP contribution in [0.1, 0.15) is 5.56 Å². The van der Waals surface area contributed by atoms with Gasteiger partial charge >= 0.3 is 7.60 Å². The van der Waals surface area contributed by atoms with Crippen molar-refractivity contribution in [2.45, 2.75) is 5.85 Å². The Morgan fingerprint density at radius 3 is 2.29 bits per heavy atom. The molecule has 1 rings (SSSR count). The second-order valence-electron chi connectivity index (χ2n) is 2.77. The molecule has 1 atom stereocenters. The Balaban J connectivity index is 2.70. The van der Waals surface area contributed by atoms with Crippen LogP contribution in [0.25, 0.3) is 6.08 Å². The molecule has 5 heteroatoms. The first-order valence-electron chi connectivity index (χ1n) is 3.96. The van der Waals surface area contributed by atoms with Crippen LogP contribution < -0.4 is 0 Å². The van der Waals surface area contributed by atoms with E-state index in [0.29, 0.717) is 0 Å². The number of hydrogen-bond acceptors (Lipinski definition) is 2. The maximum Gasteiger partial charge on any atom is 0.357 e. The first-order valence-corrected chi connectivity index (χ1v) is 5.65. The van der Waals surface area contributed by atoms with Gasteiger partial charge in [-0.15, -0.1) is 0 Å². The third-order valence-electron chi connectivity index (χ3n) is 1.60. The van der Waals surface area contributed by atoms with Gasteiger partial charge in [-0.1, -0.05) is 36.4 Å². The van der Waals surface area contributed by atoms with Gasteiger partial charge in [-0.3, -0.25) is 4.57 Å². The number of benzene rings is 1. The van der Waals surface area contributed by atoms with Crippen molar-refractivity contribution in [2.24, 2.45) is 0 Å². The van der Waals surface area contributed by atoms with E-state index in [1.165, 1.54) is 6.08 Å². The lowest BCUT2D eigenvalue weighted by atomic mass is 10.2. The molecule has 76 valence electrons. The third-order valence-corrected chi connectivity index (χ3v) is 2.47. The highest BCUT2D eigenvalue weighted by Crippen LogP contribution is 2.40. The molecule has 14 heavy (non-hydrogen) atoms. The first kappa shape index (κ1) is 11.1. The summed E-state index contributed by atoms with van der Waals surface area (Å²) in [7, 11) is -4.42. The zero-order valence-corrected chi connectivity index (χ0v) is 8.21. The summed E-state index contributed by atoms with van der Waals surface area (Å²) in [5.41, 5.74) is 0.778. The highest BCUT2D eigenvalue weighted by Gasteiger charge is 2.22. The van der Waals surface area contributed by atoms with Gasteiger partial charge in [0.2, 0.25) is 0 Å². The number of aliphatic hydroxyl groups is 1. The van der Waals surface area contributed by atoms with E-state index in [2.05, 4.69) is 0 Å². The zero-order chi connectivity index (χ0) is 10.6. The SMILES string of the molecule is O=P(O)(O)C(O)/C=C/c1ccccc1. The van der Waals surface area contributed by atoms with E-state index in [-0.39, 0.29) is 0 Å². The van der Waals surface area contributed by atoms with Crippen molar-refractivity contribution in [3.8, 4) is 0 Å². The van der Waals surface area contributed by atoms with E-state index in [1.807, 2.05) is 6.07 Å². The molecule has 3 N–H and O–H groups in total. The van der Waals surface area contributed by atoms with Crippen LogP contribution in [-0.4, -0.2) is 20.7 Å². The average Bonchev–Trinajstić information content (AvgIpc) is 2.14. The lowest BCUT2D eigenvalue weighted by Gasteiger charge is -2.06. The number of rotatable bonds is 3. The fourth-order valence-corrected chi connectivity index (χ4v) is 1.18. The van der Waals surface area contributed by atoms with Crippen LogP contribution in [0.15, 0.2) is 36.4 Å². The normalized spacial score (nSPS) is 14.5. The molecule has 1 aromatic carbocycles.